The van der Waals surface area contributed by atoms with Crippen LogP contribution >= 0.6 is 0 Å². The fraction of sp³-hybridized carbons (Fsp3) is 0.357. The summed E-state index contributed by atoms with van der Waals surface area (Å²) in [5.74, 6) is 5.55. The third kappa shape index (κ3) is 3.43. The highest BCUT2D eigenvalue weighted by atomic mass is 19.4. The molecular formula is C14H17F3N4. The molecular weight excluding hydrogens is 281 g/mol. The molecule has 1 aromatic heterocycles. The second-order valence-electron chi connectivity index (χ2n) is 4.70. The molecule has 0 fully saturated rings. The van der Waals surface area contributed by atoms with E-state index in [2.05, 4.69) is 10.5 Å². The number of hydrazine groups is 1. The van der Waals surface area contributed by atoms with Gasteiger partial charge in [0.1, 0.15) is 0 Å². The largest absolute Gasteiger partial charge is 0.416 e. The first-order valence-electron chi connectivity index (χ1n) is 6.62. The lowest BCUT2D eigenvalue weighted by Gasteiger charge is -2.19. The van der Waals surface area contributed by atoms with E-state index in [0.29, 0.717) is 12.1 Å². The Hall–Kier alpha value is -1.86. The van der Waals surface area contributed by atoms with Crippen LogP contribution in [0.4, 0.5) is 13.2 Å². The van der Waals surface area contributed by atoms with E-state index in [9.17, 15) is 13.2 Å². The quantitative estimate of drug-likeness (QED) is 0.659. The van der Waals surface area contributed by atoms with Crippen molar-refractivity contribution in [3.8, 4) is 0 Å². The van der Waals surface area contributed by atoms with Crippen LogP contribution in [0.2, 0.25) is 0 Å². The monoisotopic (exact) mass is 298 g/mol. The van der Waals surface area contributed by atoms with Gasteiger partial charge in [-0.15, -0.1) is 0 Å². The molecule has 4 nitrogen and oxygen atoms in total. The molecule has 21 heavy (non-hydrogen) atoms. The lowest BCUT2D eigenvalue weighted by Crippen LogP contribution is -2.31. The van der Waals surface area contributed by atoms with Gasteiger partial charge in [0.2, 0.25) is 0 Å². The Morgan fingerprint density at radius 2 is 2.10 bits per heavy atom. The van der Waals surface area contributed by atoms with Crippen LogP contribution in [0.5, 0.6) is 0 Å². The van der Waals surface area contributed by atoms with E-state index >= 15 is 0 Å². The molecule has 0 radical (unpaired) electrons. The first-order valence-corrected chi connectivity index (χ1v) is 6.62. The summed E-state index contributed by atoms with van der Waals surface area (Å²) in [5, 5.41) is 4.17. The van der Waals surface area contributed by atoms with E-state index in [1.54, 1.807) is 23.0 Å². The molecule has 0 aliphatic carbocycles. The van der Waals surface area contributed by atoms with Crippen LogP contribution in [0.25, 0.3) is 0 Å². The summed E-state index contributed by atoms with van der Waals surface area (Å²) in [6.45, 7) is 2.68. The number of nitrogens with zero attached hydrogens (tertiary/aromatic N) is 2. The van der Waals surface area contributed by atoms with Gasteiger partial charge in [0.15, 0.2) is 0 Å². The fourth-order valence-electron chi connectivity index (χ4n) is 2.23. The molecule has 2 rings (SSSR count). The third-order valence-corrected chi connectivity index (χ3v) is 3.19. The summed E-state index contributed by atoms with van der Waals surface area (Å²) in [6, 6.07) is 6.35. The summed E-state index contributed by atoms with van der Waals surface area (Å²) in [6.07, 6.45) is -1.89. The maximum atomic E-state index is 12.8. The Kier molecular flexibility index (Phi) is 4.64. The molecule has 0 saturated heterocycles. The van der Waals surface area contributed by atoms with Crippen molar-refractivity contribution in [3.05, 3.63) is 53.3 Å². The van der Waals surface area contributed by atoms with Gasteiger partial charge in [0, 0.05) is 12.7 Å². The van der Waals surface area contributed by atoms with Crippen molar-refractivity contribution in [2.24, 2.45) is 5.84 Å². The minimum absolute atomic E-state index is 0.449. The van der Waals surface area contributed by atoms with Crippen molar-refractivity contribution in [1.82, 2.24) is 15.2 Å². The van der Waals surface area contributed by atoms with Crippen LogP contribution in [0, 0.1) is 0 Å². The van der Waals surface area contributed by atoms with Crippen LogP contribution in [0.3, 0.4) is 0 Å². The molecule has 0 aliphatic rings. The Morgan fingerprint density at radius 3 is 2.71 bits per heavy atom. The zero-order valence-corrected chi connectivity index (χ0v) is 11.6. The first-order chi connectivity index (χ1) is 9.97. The number of aromatic nitrogens is 2. The topological polar surface area (TPSA) is 55.9 Å². The molecule has 1 atom stereocenters. The van der Waals surface area contributed by atoms with Crippen LogP contribution in [-0.2, 0) is 12.7 Å². The summed E-state index contributed by atoms with van der Waals surface area (Å²) < 4.78 is 40.2. The van der Waals surface area contributed by atoms with Gasteiger partial charge in [-0.2, -0.15) is 18.3 Å². The van der Waals surface area contributed by atoms with Crippen molar-refractivity contribution in [1.29, 1.82) is 0 Å². The number of rotatable bonds is 5. The van der Waals surface area contributed by atoms with Crippen LogP contribution in [0.1, 0.15) is 36.2 Å². The maximum Gasteiger partial charge on any atom is 0.416 e. The molecule has 0 bridgehead atoms. The first kappa shape index (κ1) is 15.5. The number of aryl methyl sites for hydroxylation is 1. The summed E-state index contributed by atoms with van der Waals surface area (Å²) >= 11 is 0. The number of benzene rings is 1. The lowest BCUT2D eigenvalue weighted by molar-refractivity contribution is -0.137. The summed E-state index contributed by atoms with van der Waals surface area (Å²) in [5.41, 5.74) is 3.06. The second-order valence-corrected chi connectivity index (χ2v) is 4.70. The van der Waals surface area contributed by atoms with E-state index in [1.165, 1.54) is 6.07 Å². The molecule has 1 aromatic carbocycles. The number of nitrogens with two attached hydrogens (primary N) is 1. The Labute approximate surface area is 120 Å². The summed E-state index contributed by atoms with van der Waals surface area (Å²) in [7, 11) is 0. The predicted octanol–water partition coefficient (Wildman–Crippen LogP) is 2.86. The number of nitrogens with one attached hydrogen (secondary N) is 1. The van der Waals surface area contributed by atoms with Gasteiger partial charge < -0.3 is 0 Å². The van der Waals surface area contributed by atoms with Gasteiger partial charge in [0.25, 0.3) is 0 Å². The molecule has 2 aromatic rings. The van der Waals surface area contributed by atoms with Gasteiger partial charge in [-0.05, 0) is 30.2 Å². The zero-order valence-electron chi connectivity index (χ0n) is 11.6. The third-order valence-electron chi connectivity index (χ3n) is 3.19. The number of hydrogen-bond acceptors (Lipinski definition) is 3. The van der Waals surface area contributed by atoms with Gasteiger partial charge in [-0.3, -0.25) is 10.5 Å². The number of alkyl halides is 3. The number of hydrogen-bond donors (Lipinski definition) is 2. The van der Waals surface area contributed by atoms with Gasteiger partial charge in [0.05, 0.1) is 17.3 Å². The van der Waals surface area contributed by atoms with E-state index in [0.717, 1.165) is 24.2 Å². The second kappa shape index (κ2) is 6.28. The molecule has 0 spiro atoms. The van der Waals surface area contributed by atoms with Crippen LogP contribution in [0.15, 0.2) is 36.5 Å². The number of halogens is 3. The van der Waals surface area contributed by atoms with Gasteiger partial charge in [-0.1, -0.05) is 19.1 Å². The highest BCUT2D eigenvalue weighted by Crippen LogP contribution is 2.31. The van der Waals surface area contributed by atoms with E-state index in [-0.39, 0.29) is 0 Å². The zero-order chi connectivity index (χ0) is 15.5. The normalized spacial score (nSPS) is 13.4. The van der Waals surface area contributed by atoms with Crippen LogP contribution < -0.4 is 11.3 Å². The molecule has 1 heterocycles. The minimum atomic E-state index is -4.38. The lowest BCUT2D eigenvalue weighted by atomic mass is 10.0. The smallest absolute Gasteiger partial charge is 0.271 e. The van der Waals surface area contributed by atoms with Crippen molar-refractivity contribution in [3.63, 3.8) is 0 Å². The van der Waals surface area contributed by atoms with Gasteiger partial charge >= 0.3 is 6.18 Å². The molecule has 0 amide bonds. The average Bonchev–Trinajstić information content (AvgIpc) is 2.88. The predicted molar refractivity (Wildman–Crippen MR) is 73.1 cm³/mol. The molecule has 1 unspecified atom stereocenters. The van der Waals surface area contributed by atoms with Crippen molar-refractivity contribution in [2.75, 3.05) is 0 Å². The van der Waals surface area contributed by atoms with Crippen molar-refractivity contribution in [2.45, 2.75) is 32.1 Å². The van der Waals surface area contributed by atoms with Gasteiger partial charge in [-0.25, -0.2) is 5.43 Å². The molecule has 7 heteroatoms. The van der Waals surface area contributed by atoms with Crippen molar-refractivity contribution >= 4 is 0 Å². The Bertz CT molecular complexity index is 592. The summed E-state index contributed by atoms with van der Waals surface area (Å²) in [4.78, 5) is 0. The molecule has 0 saturated carbocycles. The maximum absolute atomic E-state index is 12.8. The van der Waals surface area contributed by atoms with E-state index < -0.39 is 17.8 Å². The minimum Gasteiger partial charge on any atom is -0.271 e. The Balaban J connectivity index is 2.40. The highest BCUT2D eigenvalue weighted by Gasteiger charge is 2.31. The molecule has 3 N–H and O–H groups in total. The van der Waals surface area contributed by atoms with E-state index in [1.807, 2.05) is 6.92 Å². The Morgan fingerprint density at radius 1 is 1.33 bits per heavy atom. The molecule has 114 valence electrons. The van der Waals surface area contributed by atoms with E-state index in [4.69, 9.17) is 5.84 Å². The SMILES string of the molecule is CCCn1nccc1C(NN)c1cccc(C(F)(F)F)c1. The van der Waals surface area contributed by atoms with Crippen LogP contribution in [-0.4, -0.2) is 9.78 Å². The standard InChI is InChI=1S/C14H17F3N4/c1-2-8-21-12(6-7-19-21)13(20-18)10-4-3-5-11(9-10)14(15,16)17/h3-7,9,13,20H,2,8,18H2,1H3. The highest BCUT2D eigenvalue weighted by molar-refractivity contribution is 5.32. The average molecular weight is 298 g/mol. The molecule has 0 aliphatic heterocycles. The van der Waals surface area contributed by atoms with Crippen molar-refractivity contribution < 1.29 is 13.2 Å². The fourth-order valence-corrected chi connectivity index (χ4v) is 2.23.